The lowest BCUT2D eigenvalue weighted by molar-refractivity contribution is 0.791. The maximum atomic E-state index is 4.44. The zero-order valence-corrected chi connectivity index (χ0v) is 16.0. The van der Waals surface area contributed by atoms with Crippen LogP contribution in [0.5, 0.6) is 0 Å². The van der Waals surface area contributed by atoms with Crippen LogP contribution >= 0.6 is 11.3 Å². The molecule has 0 bridgehead atoms. The number of nitrogens with zero attached hydrogens (tertiary/aromatic N) is 4. The van der Waals surface area contributed by atoms with Crippen LogP contribution in [0.3, 0.4) is 0 Å². The Morgan fingerprint density at radius 3 is 2.73 bits per heavy atom. The van der Waals surface area contributed by atoms with E-state index in [1.165, 1.54) is 15.4 Å². The average molecular weight is 369 g/mol. The molecule has 0 saturated heterocycles. The molecule has 2 N–H and O–H groups in total. The minimum Gasteiger partial charge on any atom is -0.356 e. The molecular weight excluding hydrogens is 344 g/mol. The molecule has 7 heteroatoms. The van der Waals surface area contributed by atoms with Gasteiger partial charge in [-0.2, -0.15) is 5.10 Å². The normalized spacial score (nSPS) is 11.5. The predicted molar refractivity (Wildman–Crippen MR) is 107 cm³/mol. The van der Waals surface area contributed by atoms with Crippen LogP contribution in [0.4, 0.5) is 0 Å². The van der Waals surface area contributed by atoms with Gasteiger partial charge in [0.15, 0.2) is 5.96 Å². The van der Waals surface area contributed by atoms with Gasteiger partial charge in [0, 0.05) is 50.0 Å². The number of hydrogen-bond donors (Lipinski definition) is 2. The van der Waals surface area contributed by atoms with Gasteiger partial charge in [0.25, 0.3) is 0 Å². The van der Waals surface area contributed by atoms with Gasteiger partial charge < -0.3 is 10.6 Å². The largest absolute Gasteiger partial charge is 0.356 e. The Labute approximate surface area is 158 Å². The van der Waals surface area contributed by atoms with Gasteiger partial charge in [0.2, 0.25) is 0 Å². The Bertz CT molecular complexity index is 820. The lowest BCUT2D eigenvalue weighted by Gasteiger charge is -2.12. The topological polar surface area (TPSA) is 67.1 Å². The summed E-state index contributed by atoms with van der Waals surface area (Å²) in [7, 11) is 1.79. The van der Waals surface area contributed by atoms with E-state index in [4.69, 9.17) is 0 Å². The lowest BCUT2D eigenvalue weighted by atomic mass is 10.2. The van der Waals surface area contributed by atoms with Crippen LogP contribution in [0.25, 0.3) is 5.69 Å². The molecule has 6 nitrogen and oxygen atoms in total. The molecule has 0 radical (unpaired) electrons. The van der Waals surface area contributed by atoms with Crippen molar-refractivity contribution in [2.45, 2.75) is 26.3 Å². The first-order valence-corrected chi connectivity index (χ1v) is 9.57. The van der Waals surface area contributed by atoms with Gasteiger partial charge in [0.1, 0.15) is 0 Å². The number of guanidine groups is 1. The van der Waals surface area contributed by atoms with Crippen molar-refractivity contribution in [1.82, 2.24) is 25.4 Å². The molecular formula is C19H24N6S. The van der Waals surface area contributed by atoms with Crippen molar-refractivity contribution in [1.29, 1.82) is 0 Å². The second-order valence-electron chi connectivity index (χ2n) is 5.79. The SMILES string of the molecule is CCc1cnc(CCNC(=NC)NCc2ccc(-n3cccn3)cc2)s1. The molecule has 0 saturated carbocycles. The maximum absolute atomic E-state index is 4.44. The third kappa shape index (κ3) is 4.92. The summed E-state index contributed by atoms with van der Waals surface area (Å²) in [5, 5.41) is 12.1. The summed E-state index contributed by atoms with van der Waals surface area (Å²) in [5.41, 5.74) is 2.24. The molecule has 26 heavy (non-hydrogen) atoms. The molecule has 3 aromatic rings. The van der Waals surface area contributed by atoms with Gasteiger partial charge in [-0.05, 0) is 30.2 Å². The number of benzene rings is 1. The van der Waals surface area contributed by atoms with Gasteiger partial charge >= 0.3 is 0 Å². The molecule has 2 aromatic heterocycles. The van der Waals surface area contributed by atoms with Crippen LogP contribution in [-0.2, 0) is 19.4 Å². The van der Waals surface area contributed by atoms with Gasteiger partial charge in [0.05, 0.1) is 10.7 Å². The molecule has 3 rings (SSSR count). The molecule has 1 aromatic carbocycles. The van der Waals surface area contributed by atoms with Gasteiger partial charge in [-0.3, -0.25) is 4.99 Å². The number of thiazole rings is 1. The van der Waals surface area contributed by atoms with Gasteiger partial charge in [-0.15, -0.1) is 11.3 Å². The summed E-state index contributed by atoms with van der Waals surface area (Å²) in [6.07, 6.45) is 7.64. The van der Waals surface area contributed by atoms with Crippen LogP contribution < -0.4 is 10.6 Å². The van der Waals surface area contributed by atoms with E-state index in [1.54, 1.807) is 24.6 Å². The van der Waals surface area contributed by atoms with Crippen LogP contribution in [-0.4, -0.2) is 34.3 Å². The fourth-order valence-corrected chi connectivity index (χ4v) is 3.37. The van der Waals surface area contributed by atoms with Crippen molar-refractivity contribution < 1.29 is 0 Å². The zero-order chi connectivity index (χ0) is 18.2. The highest BCUT2D eigenvalue weighted by Gasteiger charge is 2.03. The highest BCUT2D eigenvalue weighted by Crippen LogP contribution is 2.13. The third-order valence-corrected chi connectivity index (χ3v) is 5.17. The van der Waals surface area contributed by atoms with E-state index >= 15 is 0 Å². The summed E-state index contributed by atoms with van der Waals surface area (Å²) in [5.74, 6) is 0.799. The minimum atomic E-state index is 0.719. The van der Waals surface area contributed by atoms with E-state index in [2.05, 4.69) is 56.9 Å². The standard InChI is InChI=1S/C19H24N6S/c1-3-17-14-22-18(26-17)9-11-21-19(20-2)23-13-15-5-7-16(8-6-15)25-12-4-10-24-25/h4-8,10,12,14H,3,9,11,13H2,1-2H3,(H2,20,21,23). The van der Waals surface area contributed by atoms with Crippen LogP contribution in [0.2, 0.25) is 0 Å². The molecule has 0 atom stereocenters. The average Bonchev–Trinajstić information content (AvgIpc) is 3.37. The van der Waals surface area contributed by atoms with E-state index in [-0.39, 0.29) is 0 Å². The Balaban J connectivity index is 1.45. The number of aryl methyl sites for hydroxylation is 1. The molecule has 0 aliphatic carbocycles. The molecule has 0 unspecified atom stereocenters. The number of hydrogen-bond acceptors (Lipinski definition) is 4. The highest BCUT2D eigenvalue weighted by atomic mass is 32.1. The fraction of sp³-hybridized carbons (Fsp3) is 0.316. The summed E-state index contributed by atoms with van der Waals surface area (Å²) < 4.78 is 1.85. The monoisotopic (exact) mass is 368 g/mol. The van der Waals surface area contributed by atoms with Crippen LogP contribution in [0, 0.1) is 0 Å². The Kier molecular flexibility index (Phi) is 6.38. The molecule has 0 spiro atoms. The van der Waals surface area contributed by atoms with Crippen molar-refractivity contribution in [3.63, 3.8) is 0 Å². The summed E-state index contributed by atoms with van der Waals surface area (Å²) >= 11 is 1.78. The van der Waals surface area contributed by atoms with Crippen molar-refractivity contribution in [3.8, 4) is 5.69 Å². The second-order valence-corrected chi connectivity index (χ2v) is 6.99. The fourth-order valence-electron chi connectivity index (χ4n) is 2.51. The molecule has 0 fully saturated rings. The minimum absolute atomic E-state index is 0.719. The molecule has 2 heterocycles. The summed E-state index contributed by atoms with van der Waals surface area (Å²) in [4.78, 5) is 10.1. The number of rotatable bonds is 7. The molecule has 0 amide bonds. The summed E-state index contributed by atoms with van der Waals surface area (Å²) in [6.45, 7) is 3.69. The molecule has 0 aliphatic heterocycles. The van der Waals surface area contributed by atoms with Gasteiger partial charge in [-0.25, -0.2) is 9.67 Å². The van der Waals surface area contributed by atoms with Crippen LogP contribution in [0.1, 0.15) is 22.4 Å². The summed E-state index contributed by atoms with van der Waals surface area (Å²) in [6, 6.07) is 10.2. The quantitative estimate of drug-likeness (QED) is 0.497. The second kappa shape index (κ2) is 9.15. The number of nitrogens with one attached hydrogen (secondary N) is 2. The molecule has 0 aliphatic rings. The number of aliphatic imine (C=N–C) groups is 1. The van der Waals surface area contributed by atoms with E-state index in [1.807, 2.05) is 23.1 Å². The van der Waals surface area contributed by atoms with Crippen molar-refractivity contribution in [2.75, 3.05) is 13.6 Å². The first-order chi connectivity index (χ1) is 12.8. The maximum Gasteiger partial charge on any atom is 0.191 e. The van der Waals surface area contributed by atoms with E-state index in [0.29, 0.717) is 0 Å². The highest BCUT2D eigenvalue weighted by molar-refractivity contribution is 7.11. The Morgan fingerprint density at radius 1 is 1.23 bits per heavy atom. The van der Waals surface area contributed by atoms with Crippen molar-refractivity contribution in [2.24, 2.45) is 4.99 Å². The van der Waals surface area contributed by atoms with Crippen molar-refractivity contribution in [3.05, 3.63) is 64.4 Å². The Morgan fingerprint density at radius 2 is 2.08 bits per heavy atom. The molecule has 136 valence electrons. The van der Waals surface area contributed by atoms with Crippen molar-refractivity contribution >= 4 is 17.3 Å². The van der Waals surface area contributed by atoms with Crippen LogP contribution in [0.15, 0.2) is 53.9 Å². The first-order valence-electron chi connectivity index (χ1n) is 8.75. The third-order valence-electron chi connectivity index (χ3n) is 3.97. The van der Waals surface area contributed by atoms with E-state index < -0.39 is 0 Å². The zero-order valence-electron chi connectivity index (χ0n) is 15.1. The Hall–Kier alpha value is -2.67. The predicted octanol–water partition coefficient (Wildman–Crippen LogP) is 2.80. The van der Waals surface area contributed by atoms with Gasteiger partial charge in [-0.1, -0.05) is 19.1 Å². The van der Waals surface area contributed by atoms with E-state index in [9.17, 15) is 0 Å². The lowest BCUT2D eigenvalue weighted by Crippen LogP contribution is -2.37. The number of aromatic nitrogens is 3. The van der Waals surface area contributed by atoms with E-state index in [0.717, 1.165) is 37.6 Å². The smallest absolute Gasteiger partial charge is 0.191 e. The first kappa shape index (κ1) is 18.1.